The van der Waals surface area contributed by atoms with E-state index < -0.39 is 38.7 Å². The lowest BCUT2D eigenvalue weighted by molar-refractivity contribution is -0.136. The second-order valence-electron chi connectivity index (χ2n) is 14.0. The molecule has 0 fully saturated rings. The molecule has 9 heteroatoms. The van der Waals surface area contributed by atoms with Gasteiger partial charge in [-0.2, -0.15) is 0 Å². The molecule has 0 aliphatic heterocycles. The highest BCUT2D eigenvalue weighted by Crippen LogP contribution is 2.57. The molecule has 0 aliphatic carbocycles. The highest BCUT2D eigenvalue weighted by Gasteiger charge is 2.41. The lowest BCUT2D eigenvalue weighted by Crippen LogP contribution is -2.41. The molecule has 0 radical (unpaired) electrons. The number of carboxylic acids is 1. The Labute approximate surface area is 226 Å². The molecule has 0 saturated heterocycles. The first kappa shape index (κ1) is 33.8. The molecular formula is C28H51O7PSi. The molecule has 0 aliphatic rings. The summed E-state index contributed by atoms with van der Waals surface area (Å²) < 4.78 is 38.4. The number of hydrogen-bond acceptors (Lipinski definition) is 6. The molecule has 1 aromatic rings. The number of phosphoric acid groups is 1. The molecule has 7 nitrogen and oxygen atoms in total. The van der Waals surface area contributed by atoms with Gasteiger partial charge < -0.3 is 14.1 Å². The normalized spacial score (nSPS) is 14.1. The summed E-state index contributed by atoms with van der Waals surface area (Å²) in [4.78, 5) is 11.5. The van der Waals surface area contributed by atoms with Crippen molar-refractivity contribution in [1.82, 2.24) is 0 Å². The van der Waals surface area contributed by atoms with E-state index in [0.29, 0.717) is 24.3 Å². The second kappa shape index (κ2) is 11.5. The molecule has 0 saturated carbocycles. The van der Waals surface area contributed by atoms with Crippen molar-refractivity contribution in [3.05, 3.63) is 28.8 Å². The molecule has 1 rings (SSSR count). The molecule has 0 spiro atoms. The predicted octanol–water partition coefficient (Wildman–Crippen LogP) is 8.43. The average Bonchev–Trinajstić information content (AvgIpc) is 2.54. The van der Waals surface area contributed by atoms with Gasteiger partial charge in [-0.05, 0) is 95.6 Å². The topological polar surface area (TPSA) is 91.3 Å². The van der Waals surface area contributed by atoms with Crippen LogP contribution in [0.25, 0.3) is 0 Å². The van der Waals surface area contributed by atoms with Crippen molar-refractivity contribution >= 4 is 22.1 Å². The van der Waals surface area contributed by atoms with Crippen LogP contribution in [0.5, 0.6) is 5.75 Å². The van der Waals surface area contributed by atoms with Gasteiger partial charge >= 0.3 is 13.8 Å². The molecule has 0 aromatic heterocycles. The van der Waals surface area contributed by atoms with Crippen LogP contribution in [-0.2, 0) is 34.7 Å². The van der Waals surface area contributed by atoms with Crippen LogP contribution in [0.1, 0.15) is 99.3 Å². The number of phosphoric ester groups is 1. The maximum absolute atomic E-state index is 14.0. The van der Waals surface area contributed by atoms with Crippen LogP contribution in [0, 0.1) is 6.92 Å². The fraction of sp³-hybridized carbons (Fsp3) is 0.750. The Balaban J connectivity index is 3.57. The van der Waals surface area contributed by atoms with E-state index in [1.165, 1.54) is 0 Å². The fourth-order valence-corrected chi connectivity index (χ4v) is 6.68. The van der Waals surface area contributed by atoms with Gasteiger partial charge in [-0.25, -0.2) is 4.57 Å². The van der Waals surface area contributed by atoms with Gasteiger partial charge in [0.15, 0.2) is 8.32 Å². The smallest absolute Gasteiger partial charge is 0.481 e. The molecular weight excluding hydrogens is 507 g/mol. The highest BCUT2D eigenvalue weighted by molar-refractivity contribution is 7.49. The molecule has 0 heterocycles. The number of benzene rings is 1. The van der Waals surface area contributed by atoms with Gasteiger partial charge in [0, 0.05) is 12.2 Å². The summed E-state index contributed by atoms with van der Waals surface area (Å²) in [6, 6.07) is 3.50. The molecule has 0 atom stereocenters. The van der Waals surface area contributed by atoms with Crippen molar-refractivity contribution < 1.29 is 32.5 Å². The standard InChI is InChI=1S/C28H51O7PSi/c1-20-17-21(19-23(29)30)18-22(33-36(31,34-25(2,3)4)35-26(5,6)7)24(20)28(11,12)15-16-32-37(13,14)27(8,9)10/h17-18H,15-16,19H2,1-14H3,(H,29,30). The Hall–Kier alpha value is -1.18. The van der Waals surface area contributed by atoms with E-state index >= 15 is 0 Å². The minimum atomic E-state index is -4.10. The average molecular weight is 559 g/mol. The monoisotopic (exact) mass is 558 g/mol. The second-order valence-corrected chi connectivity index (χ2v) is 20.3. The van der Waals surface area contributed by atoms with Gasteiger partial charge in [-0.3, -0.25) is 13.8 Å². The number of aliphatic carboxylic acids is 1. The Morgan fingerprint density at radius 1 is 0.919 bits per heavy atom. The summed E-state index contributed by atoms with van der Waals surface area (Å²) in [7, 11) is -6.03. The van der Waals surface area contributed by atoms with Crippen LogP contribution < -0.4 is 4.52 Å². The van der Waals surface area contributed by atoms with Crippen molar-refractivity contribution in [2.75, 3.05) is 6.61 Å². The summed E-state index contributed by atoms with van der Waals surface area (Å²) >= 11 is 0. The SMILES string of the molecule is Cc1cc(CC(=O)O)cc(OP(=O)(OC(C)(C)C)OC(C)(C)C)c1C(C)(C)CCO[Si](C)(C)C(C)(C)C. The highest BCUT2D eigenvalue weighted by atomic mass is 31.2. The molecule has 1 aromatic carbocycles. The van der Waals surface area contributed by atoms with Crippen LogP contribution in [0.4, 0.5) is 0 Å². The van der Waals surface area contributed by atoms with E-state index in [1.807, 2.05) is 13.0 Å². The van der Waals surface area contributed by atoms with Crippen LogP contribution in [0.3, 0.4) is 0 Å². The Bertz CT molecular complexity index is 975. The Morgan fingerprint density at radius 2 is 1.41 bits per heavy atom. The first-order valence-electron chi connectivity index (χ1n) is 13.0. The van der Waals surface area contributed by atoms with E-state index in [-0.39, 0.29) is 11.5 Å². The third-order valence-corrected chi connectivity index (χ3v) is 12.9. The van der Waals surface area contributed by atoms with Crippen LogP contribution >= 0.6 is 7.82 Å². The van der Waals surface area contributed by atoms with Gasteiger partial charge in [0.2, 0.25) is 0 Å². The quantitative estimate of drug-likeness (QED) is 0.215. The largest absolute Gasteiger partial charge is 0.531 e. The molecule has 214 valence electrons. The molecule has 1 N–H and O–H groups in total. The number of rotatable bonds is 11. The Kier molecular flexibility index (Phi) is 10.5. The zero-order chi connectivity index (χ0) is 29.3. The van der Waals surface area contributed by atoms with E-state index in [2.05, 4.69) is 47.7 Å². The van der Waals surface area contributed by atoms with Gasteiger partial charge in [0.25, 0.3) is 0 Å². The zero-order valence-corrected chi connectivity index (χ0v) is 27.5. The third kappa shape index (κ3) is 10.8. The maximum atomic E-state index is 14.0. The molecule has 37 heavy (non-hydrogen) atoms. The van der Waals surface area contributed by atoms with Crippen molar-refractivity contribution in [3.8, 4) is 5.75 Å². The predicted molar refractivity (Wildman–Crippen MR) is 153 cm³/mol. The summed E-state index contributed by atoms with van der Waals surface area (Å²) in [5.41, 5.74) is 0.190. The van der Waals surface area contributed by atoms with Crippen molar-refractivity contribution in [3.63, 3.8) is 0 Å². The zero-order valence-electron chi connectivity index (χ0n) is 25.6. The number of aryl methyl sites for hydroxylation is 1. The Morgan fingerprint density at radius 3 is 1.81 bits per heavy atom. The lowest BCUT2D eigenvalue weighted by atomic mass is 9.78. The van der Waals surface area contributed by atoms with Crippen LogP contribution in [0.15, 0.2) is 12.1 Å². The van der Waals surface area contributed by atoms with Crippen molar-refractivity contribution in [2.45, 2.75) is 131 Å². The van der Waals surface area contributed by atoms with Crippen molar-refractivity contribution in [2.24, 2.45) is 0 Å². The van der Waals surface area contributed by atoms with Crippen LogP contribution in [-0.4, -0.2) is 37.2 Å². The summed E-state index contributed by atoms with van der Waals surface area (Å²) in [6.07, 6.45) is 0.510. The number of hydrogen-bond donors (Lipinski definition) is 1. The van der Waals surface area contributed by atoms with E-state index in [1.54, 1.807) is 47.6 Å². The maximum Gasteiger partial charge on any atom is 0.531 e. The van der Waals surface area contributed by atoms with Gasteiger partial charge in [-0.15, -0.1) is 0 Å². The van der Waals surface area contributed by atoms with Crippen molar-refractivity contribution in [1.29, 1.82) is 0 Å². The van der Waals surface area contributed by atoms with E-state index in [9.17, 15) is 14.5 Å². The summed E-state index contributed by atoms with van der Waals surface area (Å²) in [5.74, 6) is -0.648. The van der Waals surface area contributed by atoms with Gasteiger partial charge in [0.1, 0.15) is 5.75 Å². The summed E-state index contributed by atoms with van der Waals surface area (Å²) in [5, 5.41) is 9.51. The minimum Gasteiger partial charge on any atom is -0.481 e. The third-order valence-electron chi connectivity index (χ3n) is 6.37. The van der Waals surface area contributed by atoms with Gasteiger partial charge in [-0.1, -0.05) is 40.7 Å². The van der Waals surface area contributed by atoms with Gasteiger partial charge in [0.05, 0.1) is 17.6 Å². The fourth-order valence-electron chi connectivity index (χ4n) is 3.79. The first-order chi connectivity index (χ1) is 16.3. The number of carbonyl (C=O) groups is 1. The molecule has 0 unspecified atom stereocenters. The molecule has 0 bridgehead atoms. The summed E-state index contributed by atoms with van der Waals surface area (Å²) in [6.45, 7) is 28.4. The number of carboxylic acid groups (broad SMARTS) is 1. The van der Waals surface area contributed by atoms with Crippen LogP contribution in [0.2, 0.25) is 18.1 Å². The first-order valence-corrected chi connectivity index (χ1v) is 17.3. The minimum absolute atomic E-state index is 0.0983. The van der Waals surface area contributed by atoms with E-state index in [4.69, 9.17) is 18.0 Å². The molecule has 0 amide bonds. The lowest BCUT2D eigenvalue weighted by Gasteiger charge is -2.38. The van der Waals surface area contributed by atoms with E-state index in [0.717, 1.165) is 11.1 Å².